The van der Waals surface area contributed by atoms with E-state index in [1.165, 1.54) is 29.3 Å². The predicted octanol–water partition coefficient (Wildman–Crippen LogP) is 6.85. The van der Waals surface area contributed by atoms with Crippen LogP contribution in [0.1, 0.15) is 17.0 Å². The van der Waals surface area contributed by atoms with Crippen LogP contribution in [-0.2, 0) is 28.6 Å². The molecule has 4 aromatic carbocycles. The van der Waals surface area contributed by atoms with Gasteiger partial charge in [-0.2, -0.15) is 0 Å². The topological polar surface area (TPSA) is 86.1 Å². The van der Waals surface area contributed by atoms with Gasteiger partial charge in [-0.05, 0) is 84.9 Å². The second-order valence-corrected chi connectivity index (χ2v) is 10.5. The number of nitrogens with zero attached hydrogens (tertiary/aromatic N) is 3. The van der Waals surface area contributed by atoms with Crippen molar-refractivity contribution in [2.45, 2.75) is 18.9 Å². The molecule has 1 aliphatic rings. The van der Waals surface area contributed by atoms with E-state index >= 15 is 0 Å². The maximum atomic E-state index is 13.4. The van der Waals surface area contributed by atoms with Gasteiger partial charge in [-0.3, -0.25) is 4.84 Å². The average molecular weight is 606 g/mol. The monoisotopic (exact) mass is 605 g/mol. The van der Waals surface area contributed by atoms with Crippen molar-refractivity contribution in [1.82, 2.24) is 15.0 Å². The number of carbonyl (C=O) groups is 1. The van der Waals surface area contributed by atoms with E-state index in [4.69, 9.17) is 19.0 Å². The molecule has 8 nitrogen and oxygen atoms in total. The van der Waals surface area contributed by atoms with Gasteiger partial charge in [-0.15, -0.1) is 5.06 Å². The first kappa shape index (κ1) is 28.3. The van der Waals surface area contributed by atoms with E-state index in [1.54, 1.807) is 92.0 Å². The SMILES string of the molecule is CN1OC1(C(=O)Oc1ccc(OCc2ccc3cc(F)ccc3n2)cc1)c1ccc(OCc2ccc3cc(F)ccc3n2)cc1. The lowest BCUT2D eigenvalue weighted by molar-refractivity contribution is -0.141. The third-order valence-corrected chi connectivity index (χ3v) is 7.43. The number of carbonyl (C=O) groups excluding carboxylic acids is 1. The van der Waals surface area contributed by atoms with Crippen LogP contribution < -0.4 is 14.2 Å². The van der Waals surface area contributed by atoms with Gasteiger partial charge in [0.15, 0.2) is 0 Å². The number of rotatable bonds is 9. The molecular formula is C35H25F2N3O5. The van der Waals surface area contributed by atoms with Crippen molar-refractivity contribution in [1.29, 1.82) is 0 Å². The van der Waals surface area contributed by atoms with E-state index in [0.717, 1.165) is 0 Å². The van der Waals surface area contributed by atoms with Crippen molar-refractivity contribution in [3.05, 3.63) is 138 Å². The number of hydroxylamine groups is 2. The van der Waals surface area contributed by atoms with Crippen molar-refractivity contribution < 1.29 is 32.6 Å². The molecule has 0 spiro atoms. The van der Waals surface area contributed by atoms with Crippen molar-refractivity contribution in [3.8, 4) is 17.2 Å². The van der Waals surface area contributed by atoms with Gasteiger partial charge in [0.25, 0.3) is 5.72 Å². The van der Waals surface area contributed by atoms with Crippen LogP contribution in [0.5, 0.6) is 17.2 Å². The van der Waals surface area contributed by atoms with E-state index in [1.807, 2.05) is 0 Å². The number of ether oxygens (including phenoxy) is 3. The van der Waals surface area contributed by atoms with Crippen molar-refractivity contribution >= 4 is 27.8 Å². The summed E-state index contributed by atoms with van der Waals surface area (Å²) in [7, 11) is 1.65. The highest BCUT2D eigenvalue weighted by molar-refractivity contribution is 5.85. The summed E-state index contributed by atoms with van der Waals surface area (Å²) in [6.07, 6.45) is 0. The van der Waals surface area contributed by atoms with Gasteiger partial charge in [0.1, 0.15) is 42.1 Å². The van der Waals surface area contributed by atoms with Gasteiger partial charge >= 0.3 is 5.97 Å². The number of fused-ring (bicyclic) bond motifs is 2. The quantitative estimate of drug-likeness (QED) is 0.100. The Bertz CT molecular complexity index is 2040. The number of likely N-dealkylation sites (N-methyl/N-ethyl adjacent to an activating group) is 1. The lowest BCUT2D eigenvalue weighted by atomic mass is 10.1. The minimum atomic E-state index is -1.38. The summed E-state index contributed by atoms with van der Waals surface area (Å²) >= 11 is 0. The third kappa shape index (κ3) is 5.88. The Hall–Kier alpha value is -5.45. The number of esters is 1. The van der Waals surface area contributed by atoms with Gasteiger partial charge in [-0.25, -0.2) is 23.5 Å². The first-order chi connectivity index (χ1) is 21.9. The summed E-state index contributed by atoms with van der Waals surface area (Å²) in [6.45, 7) is 0.434. The largest absolute Gasteiger partial charge is 0.487 e. The fourth-order valence-corrected chi connectivity index (χ4v) is 5.01. The molecule has 0 aliphatic carbocycles. The molecule has 2 aromatic heterocycles. The van der Waals surface area contributed by atoms with Crippen LogP contribution in [0.25, 0.3) is 21.8 Å². The molecule has 0 radical (unpaired) electrons. The zero-order chi connectivity index (χ0) is 31.0. The summed E-state index contributed by atoms with van der Waals surface area (Å²) < 4.78 is 44.2. The van der Waals surface area contributed by atoms with Gasteiger partial charge in [-0.1, -0.05) is 24.3 Å². The number of halogens is 2. The highest BCUT2D eigenvalue weighted by Gasteiger charge is 2.62. The fourth-order valence-electron chi connectivity index (χ4n) is 5.01. The maximum Gasteiger partial charge on any atom is 0.368 e. The standard InChI is InChI=1S/C35H25F2N3O5/c1-40-35(45-40,24-4-10-29(11-5-24)42-20-27-8-2-22-18-25(36)6-16-32(22)38-27)34(41)44-31-14-12-30(13-15-31)43-21-28-9-3-23-19-26(37)7-17-33(23)39-28/h2-19H,20-21H2,1H3. The van der Waals surface area contributed by atoms with Crippen LogP contribution in [-0.4, -0.2) is 28.0 Å². The summed E-state index contributed by atoms with van der Waals surface area (Å²) in [5, 5.41) is 2.86. The van der Waals surface area contributed by atoms with Gasteiger partial charge in [0, 0.05) is 23.4 Å². The van der Waals surface area contributed by atoms with Crippen LogP contribution >= 0.6 is 0 Å². The van der Waals surface area contributed by atoms with E-state index < -0.39 is 11.7 Å². The van der Waals surface area contributed by atoms with Crippen LogP contribution in [0, 0.1) is 11.6 Å². The van der Waals surface area contributed by atoms with Crippen molar-refractivity contribution in [2.75, 3.05) is 7.05 Å². The molecule has 10 heteroatoms. The second-order valence-electron chi connectivity index (χ2n) is 10.5. The smallest absolute Gasteiger partial charge is 0.368 e. The maximum absolute atomic E-state index is 13.4. The Balaban J connectivity index is 0.956. The molecule has 1 fully saturated rings. The lowest BCUT2D eigenvalue weighted by Gasteiger charge is -2.13. The van der Waals surface area contributed by atoms with Crippen LogP contribution in [0.4, 0.5) is 8.78 Å². The molecule has 224 valence electrons. The predicted molar refractivity (Wildman–Crippen MR) is 161 cm³/mol. The molecule has 1 saturated heterocycles. The van der Waals surface area contributed by atoms with Crippen LogP contribution in [0.3, 0.4) is 0 Å². The molecule has 45 heavy (non-hydrogen) atoms. The van der Waals surface area contributed by atoms with Crippen molar-refractivity contribution in [3.63, 3.8) is 0 Å². The minimum absolute atomic E-state index is 0.216. The molecular weight excluding hydrogens is 580 g/mol. The van der Waals surface area contributed by atoms with Gasteiger partial charge < -0.3 is 14.2 Å². The number of aromatic nitrogens is 2. The summed E-state index contributed by atoms with van der Waals surface area (Å²) in [4.78, 5) is 27.9. The first-order valence-corrected chi connectivity index (χ1v) is 14.1. The molecule has 6 aromatic rings. The van der Waals surface area contributed by atoms with Gasteiger partial charge in [0.2, 0.25) is 0 Å². The normalized spacial score (nSPS) is 17.3. The molecule has 7 rings (SSSR count). The number of hydrogen-bond donors (Lipinski definition) is 0. The second kappa shape index (κ2) is 11.6. The summed E-state index contributed by atoms with van der Waals surface area (Å²) in [5.41, 5.74) is 1.96. The molecule has 0 N–H and O–H groups in total. The van der Waals surface area contributed by atoms with Gasteiger partial charge in [0.05, 0.1) is 22.4 Å². The lowest BCUT2D eigenvalue weighted by Crippen LogP contribution is -2.30. The zero-order valence-electron chi connectivity index (χ0n) is 23.9. The highest BCUT2D eigenvalue weighted by atomic mass is 19.1. The molecule has 2 unspecified atom stereocenters. The van der Waals surface area contributed by atoms with E-state index in [2.05, 4.69) is 9.97 Å². The minimum Gasteiger partial charge on any atom is -0.487 e. The molecule has 2 atom stereocenters. The fraction of sp³-hybridized carbons (Fsp3) is 0.114. The van der Waals surface area contributed by atoms with E-state index in [9.17, 15) is 13.6 Å². The Morgan fingerprint density at radius 2 is 1.16 bits per heavy atom. The van der Waals surface area contributed by atoms with E-state index in [0.29, 0.717) is 56.0 Å². The molecule has 1 aliphatic heterocycles. The average Bonchev–Trinajstić information content (AvgIpc) is 3.75. The Morgan fingerprint density at radius 3 is 1.64 bits per heavy atom. The highest BCUT2D eigenvalue weighted by Crippen LogP contribution is 2.44. The number of benzene rings is 4. The molecule has 3 heterocycles. The Kier molecular flexibility index (Phi) is 7.28. The van der Waals surface area contributed by atoms with Crippen LogP contribution in [0.15, 0.2) is 109 Å². The molecule has 0 bridgehead atoms. The first-order valence-electron chi connectivity index (χ1n) is 14.1. The van der Waals surface area contributed by atoms with E-state index in [-0.39, 0.29) is 24.8 Å². The number of hydrogen-bond acceptors (Lipinski definition) is 8. The third-order valence-electron chi connectivity index (χ3n) is 7.43. The summed E-state index contributed by atoms with van der Waals surface area (Å²) in [5.74, 6) is 0.253. The Morgan fingerprint density at radius 1 is 0.689 bits per heavy atom. The van der Waals surface area contributed by atoms with Crippen LogP contribution in [0.2, 0.25) is 0 Å². The molecule has 0 saturated carbocycles. The van der Waals surface area contributed by atoms with Crippen molar-refractivity contribution in [2.24, 2.45) is 0 Å². The Labute approximate surface area is 256 Å². The number of pyridine rings is 2. The summed E-state index contributed by atoms with van der Waals surface area (Å²) in [6, 6.07) is 29.7. The zero-order valence-corrected chi connectivity index (χ0v) is 23.9. The molecule has 0 amide bonds.